The quantitative estimate of drug-likeness (QED) is 0.536. The van der Waals surface area contributed by atoms with Crippen molar-refractivity contribution in [2.45, 2.75) is 53.9 Å². The second kappa shape index (κ2) is 9.13. The number of rotatable bonds is 1. The van der Waals surface area contributed by atoms with Crippen LogP contribution < -0.4 is 5.32 Å². The van der Waals surface area contributed by atoms with Crippen molar-refractivity contribution in [1.82, 2.24) is 5.32 Å². The molecule has 16 heavy (non-hydrogen) atoms. The highest BCUT2D eigenvalue weighted by Crippen LogP contribution is 2.06. The molecule has 0 aliphatic carbocycles. The number of aliphatic imine (C=N–C) groups is 2. The van der Waals surface area contributed by atoms with E-state index in [1.54, 1.807) is 0 Å². The topological polar surface area (TPSA) is 36.8 Å². The minimum atomic E-state index is 0.825. The van der Waals surface area contributed by atoms with E-state index in [9.17, 15) is 0 Å². The van der Waals surface area contributed by atoms with Gasteiger partial charge in [-0.3, -0.25) is 0 Å². The van der Waals surface area contributed by atoms with Crippen molar-refractivity contribution in [2.24, 2.45) is 9.98 Å². The number of nitrogens with one attached hydrogen (secondary N) is 1. The van der Waals surface area contributed by atoms with Gasteiger partial charge < -0.3 is 5.32 Å². The van der Waals surface area contributed by atoms with Crippen LogP contribution in [0.3, 0.4) is 0 Å². The summed E-state index contributed by atoms with van der Waals surface area (Å²) >= 11 is 0. The van der Waals surface area contributed by atoms with Gasteiger partial charge in [0.05, 0.1) is 0 Å². The number of nitrogens with zero attached hydrogens (tertiary/aromatic N) is 2. The Kier molecular flexibility index (Phi) is 8.49. The molecule has 0 saturated carbocycles. The fourth-order valence-corrected chi connectivity index (χ4v) is 1.40. The summed E-state index contributed by atoms with van der Waals surface area (Å²) in [5.74, 6) is 1.80. The molecule has 0 unspecified atom stereocenters. The van der Waals surface area contributed by atoms with E-state index in [0.29, 0.717) is 0 Å². The van der Waals surface area contributed by atoms with Gasteiger partial charge in [0.15, 0.2) is 0 Å². The molecule has 1 heterocycles. The van der Waals surface area contributed by atoms with Gasteiger partial charge in [0.1, 0.15) is 11.7 Å². The van der Waals surface area contributed by atoms with Crippen molar-refractivity contribution in [1.29, 1.82) is 0 Å². The van der Waals surface area contributed by atoms with Gasteiger partial charge in [-0.25, -0.2) is 9.98 Å². The highest BCUT2D eigenvalue weighted by atomic mass is 15.1. The van der Waals surface area contributed by atoms with Crippen molar-refractivity contribution in [2.75, 3.05) is 6.54 Å². The normalized spacial score (nSPS) is 16.1. The number of allylic oxidation sites excluding steroid dienone is 1. The first-order valence-corrected chi connectivity index (χ1v) is 6.19. The van der Waals surface area contributed by atoms with Gasteiger partial charge in [0.25, 0.3) is 0 Å². The lowest BCUT2D eigenvalue weighted by Gasteiger charge is -2.02. The third-order valence-corrected chi connectivity index (χ3v) is 1.94. The van der Waals surface area contributed by atoms with Crippen LogP contribution in [-0.4, -0.2) is 18.1 Å². The second-order valence-corrected chi connectivity index (χ2v) is 3.73. The first-order valence-electron chi connectivity index (χ1n) is 6.19. The molecular formula is C13H25N3. The van der Waals surface area contributed by atoms with Gasteiger partial charge >= 0.3 is 0 Å². The van der Waals surface area contributed by atoms with Crippen LogP contribution in [0.5, 0.6) is 0 Å². The zero-order chi connectivity index (χ0) is 12.4. The van der Waals surface area contributed by atoms with Gasteiger partial charge in [-0.05, 0) is 46.1 Å². The summed E-state index contributed by atoms with van der Waals surface area (Å²) in [6.07, 6.45) is 5.75. The number of hydrogen-bond acceptors (Lipinski definition) is 2. The van der Waals surface area contributed by atoms with Crippen LogP contribution in [0.4, 0.5) is 0 Å². The molecule has 1 N–H and O–H groups in total. The molecular weight excluding hydrogens is 198 g/mol. The molecule has 0 amide bonds. The monoisotopic (exact) mass is 223 g/mol. The standard InChI is InChI=1S/C11H19N3.C2H6/c1-9(2)13-10(3)14-11-7-5-4-6-8-12-11;1-2/h7,12H,4-6,8H2,1-3H3;1-2H3/b14-10-;. The van der Waals surface area contributed by atoms with Crippen LogP contribution in [0.25, 0.3) is 0 Å². The maximum absolute atomic E-state index is 4.42. The third kappa shape index (κ3) is 7.21. The van der Waals surface area contributed by atoms with E-state index in [-0.39, 0.29) is 0 Å². The van der Waals surface area contributed by atoms with E-state index in [1.165, 1.54) is 12.8 Å². The van der Waals surface area contributed by atoms with Gasteiger partial charge in [-0.1, -0.05) is 13.8 Å². The van der Waals surface area contributed by atoms with E-state index in [2.05, 4.69) is 21.4 Å². The summed E-state index contributed by atoms with van der Waals surface area (Å²) in [6.45, 7) is 10.9. The van der Waals surface area contributed by atoms with Crippen molar-refractivity contribution >= 4 is 11.5 Å². The van der Waals surface area contributed by atoms with Crippen LogP contribution >= 0.6 is 0 Å². The Labute approximate surface area is 99.8 Å². The molecule has 0 aromatic heterocycles. The summed E-state index contributed by atoms with van der Waals surface area (Å²) in [7, 11) is 0. The van der Waals surface area contributed by atoms with Crippen molar-refractivity contribution in [3.63, 3.8) is 0 Å². The fourth-order valence-electron chi connectivity index (χ4n) is 1.40. The average Bonchev–Trinajstić information content (AvgIpc) is 2.48. The van der Waals surface area contributed by atoms with Crippen LogP contribution in [0.15, 0.2) is 21.9 Å². The molecule has 0 bridgehead atoms. The molecule has 92 valence electrons. The fraction of sp³-hybridized carbons (Fsp3) is 0.692. The zero-order valence-corrected chi connectivity index (χ0v) is 11.3. The van der Waals surface area contributed by atoms with Gasteiger partial charge in [-0.15, -0.1) is 0 Å². The Morgan fingerprint density at radius 1 is 1.19 bits per heavy atom. The largest absolute Gasteiger partial charge is 0.370 e. The minimum absolute atomic E-state index is 0.825. The predicted molar refractivity (Wildman–Crippen MR) is 73.2 cm³/mol. The van der Waals surface area contributed by atoms with E-state index < -0.39 is 0 Å². The van der Waals surface area contributed by atoms with E-state index >= 15 is 0 Å². The number of amidine groups is 1. The third-order valence-electron chi connectivity index (χ3n) is 1.94. The summed E-state index contributed by atoms with van der Waals surface area (Å²) < 4.78 is 0. The smallest absolute Gasteiger partial charge is 0.127 e. The first-order chi connectivity index (χ1) is 7.68. The van der Waals surface area contributed by atoms with Gasteiger partial charge in [0.2, 0.25) is 0 Å². The molecule has 3 heteroatoms. The summed E-state index contributed by atoms with van der Waals surface area (Å²) in [5.41, 5.74) is 1.04. The molecule has 0 radical (unpaired) electrons. The van der Waals surface area contributed by atoms with Crippen molar-refractivity contribution < 1.29 is 0 Å². The lowest BCUT2D eigenvalue weighted by molar-refractivity contribution is 0.714. The zero-order valence-electron chi connectivity index (χ0n) is 11.3. The van der Waals surface area contributed by atoms with E-state index in [1.807, 2.05) is 34.6 Å². The SMILES string of the molecule is CC.CC(C)=N/C(C)=N\C1=CCCCCN1. The van der Waals surface area contributed by atoms with Crippen LogP contribution in [0.2, 0.25) is 0 Å². The van der Waals surface area contributed by atoms with Crippen molar-refractivity contribution in [3.8, 4) is 0 Å². The molecule has 0 fully saturated rings. The summed E-state index contributed by atoms with van der Waals surface area (Å²) in [4.78, 5) is 8.70. The van der Waals surface area contributed by atoms with Gasteiger partial charge in [-0.2, -0.15) is 0 Å². The Bertz CT molecular complexity index is 271. The summed E-state index contributed by atoms with van der Waals surface area (Å²) in [5, 5.41) is 3.29. The molecule has 1 rings (SSSR count). The first kappa shape index (κ1) is 14.9. The highest BCUT2D eigenvalue weighted by molar-refractivity contribution is 5.94. The lowest BCUT2D eigenvalue weighted by atomic mass is 10.2. The predicted octanol–water partition coefficient (Wildman–Crippen LogP) is 3.53. The van der Waals surface area contributed by atoms with E-state index in [0.717, 1.165) is 30.3 Å². The molecule has 1 aliphatic rings. The molecule has 0 atom stereocenters. The summed E-state index contributed by atoms with van der Waals surface area (Å²) in [6, 6.07) is 0. The Balaban J connectivity index is 0.00000106. The molecule has 0 spiro atoms. The van der Waals surface area contributed by atoms with Crippen LogP contribution in [0, 0.1) is 0 Å². The molecule has 1 aliphatic heterocycles. The maximum Gasteiger partial charge on any atom is 0.127 e. The molecule has 0 aromatic rings. The van der Waals surface area contributed by atoms with Crippen LogP contribution in [-0.2, 0) is 0 Å². The Morgan fingerprint density at radius 3 is 2.50 bits per heavy atom. The Hall–Kier alpha value is -1.12. The molecule has 0 aromatic carbocycles. The van der Waals surface area contributed by atoms with Gasteiger partial charge in [0, 0.05) is 12.3 Å². The lowest BCUT2D eigenvalue weighted by Crippen LogP contribution is -2.12. The maximum atomic E-state index is 4.42. The van der Waals surface area contributed by atoms with Crippen LogP contribution in [0.1, 0.15) is 53.9 Å². The molecule has 3 nitrogen and oxygen atoms in total. The second-order valence-electron chi connectivity index (χ2n) is 3.73. The van der Waals surface area contributed by atoms with E-state index in [4.69, 9.17) is 0 Å². The molecule has 0 saturated heterocycles. The number of hydrogen-bond donors (Lipinski definition) is 1. The van der Waals surface area contributed by atoms with Crippen molar-refractivity contribution in [3.05, 3.63) is 11.9 Å². The Morgan fingerprint density at radius 2 is 1.88 bits per heavy atom. The average molecular weight is 223 g/mol. The minimum Gasteiger partial charge on any atom is -0.370 e. The highest BCUT2D eigenvalue weighted by Gasteiger charge is 1.99.